The Kier molecular flexibility index (Phi) is 5.49. The van der Waals surface area contributed by atoms with Crippen LogP contribution in [0.1, 0.15) is 13.8 Å². The van der Waals surface area contributed by atoms with Crippen molar-refractivity contribution in [3.8, 4) is 0 Å². The normalized spacial score (nSPS) is 17.6. The van der Waals surface area contributed by atoms with Crippen LogP contribution in [0, 0.1) is 0 Å². The molecule has 0 saturated carbocycles. The Bertz CT molecular complexity index is 603. The molecule has 0 aromatic rings. The number of allylic oxidation sites excluding steroid dienone is 4. The second-order valence-electron chi connectivity index (χ2n) is 3.97. The number of hydrazine groups is 1. The number of rotatable bonds is 5. The van der Waals surface area contributed by atoms with Crippen LogP contribution in [-0.4, -0.2) is 31.7 Å². The van der Waals surface area contributed by atoms with E-state index in [1.165, 1.54) is 12.2 Å². The molecule has 1 aliphatic rings. The maximum absolute atomic E-state index is 12.1. The van der Waals surface area contributed by atoms with E-state index in [-0.39, 0.29) is 11.4 Å². The zero-order valence-corrected chi connectivity index (χ0v) is 12.6. The fraction of sp³-hybridized carbons (Fsp3) is 0.273. The SMILES string of the molecule is C=C/C(=C\C=C(/C)Cl)S(=O)(=O)NN1CC(C)=NNC1=O. The first-order valence-corrected chi connectivity index (χ1v) is 7.42. The van der Waals surface area contributed by atoms with Gasteiger partial charge in [-0.3, -0.25) is 0 Å². The van der Waals surface area contributed by atoms with Gasteiger partial charge in [-0.15, -0.1) is 4.83 Å². The van der Waals surface area contributed by atoms with Gasteiger partial charge in [0.05, 0.1) is 17.2 Å². The van der Waals surface area contributed by atoms with Crippen LogP contribution in [0.3, 0.4) is 0 Å². The molecule has 1 rings (SSSR count). The van der Waals surface area contributed by atoms with Crippen LogP contribution in [0.15, 0.2) is 39.8 Å². The first kappa shape index (κ1) is 16.4. The molecule has 0 spiro atoms. The highest BCUT2D eigenvalue weighted by molar-refractivity contribution is 7.93. The van der Waals surface area contributed by atoms with Gasteiger partial charge in [0.1, 0.15) is 0 Å². The number of carbonyl (C=O) groups excluding carboxylic acids is 1. The Morgan fingerprint density at radius 2 is 2.20 bits per heavy atom. The van der Waals surface area contributed by atoms with E-state index in [1.807, 2.05) is 0 Å². The molecule has 0 aromatic heterocycles. The van der Waals surface area contributed by atoms with E-state index in [2.05, 4.69) is 21.9 Å². The molecule has 1 aliphatic heterocycles. The maximum Gasteiger partial charge on any atom is 0.353 e. The third-order valence-corrected chi connectivity index (χ3v) is 3.70. The monoisotopic (exact) mass is 318 g/mol. The van der Waals surface area contributed by atoms with Crippen LogP contribution in [0.2, 0.25) is 0 Å². The van der Waals surface area contributed by atoms with Crippen molar-refractivity contribution in [3.63, 3.8) is 0 Å². The van der Waals surface area contributed by atoms with E-state index in [0.717, 1.165) is 11.1 Å². The number of hydrazone groups is 1. The predicted octanol–water partition coefficient (Wildman–Crippen LogP) is 1.43. The van der Waals surface area contributed by atoms with Gasteiger partial charge in [0.15, 0.2) is 0 Å². The number of amides is 2. The predicted molar refractivity (Wildman–Crippen MR) is 78.3 cm³/mol. The summed E-state index contributed by atoms with van der Waals surface area (Å²) in [5, 5.41) is 5.02. The van der Waals surface area contributed by atoms with Gasteiger partial charge in [-0.1, -0.05) is 18.2 Å². The zero-order chi connectivity index (χ0) is 15.3. The first-order valence-electron chi connectivity index (χ1n) is 5.56. The summed E-state index contributed by atoms with van der Waals surface area (Å²) in [6.07, 6.45) is 3.86. The van der Waals surface area contributed by atoms with Crippen LogP contribution in [0.5, 0.6) is 0 Å². The Morgan fingerprint density at radius 1 is 1.55 bits per heavy atom. The molecule has 1 heterocycles. The van der Waals surface area contributed by atoms with Gasteiger partial charge in [-0.25, -0.2) is 23.6 Å². The highest BCUT2D eigenvalue weighted by atomic mass is 35.5. The largest absolute Gasteiger partial charge is 0.353 e. The zero-order valence-electron chi connectivity index (χ0n) is 11.1. The molecule has 110 valence electrons. The molecule has 0 unspecified atom stereocenters. The molecule has 2 N–H and O–H groups in total. The van der Waals surface area contributed by atoms with Crippen LogP contribution < -0.4 is 10.3 Å². The number of urea groups is 1. The molecular formula is C11H15ClN4O3S. The second kappa shape index (κ2) is 6.69. The topological polar surface area (TPSA) is 90.9 Å². The summed E-state index contributed by atoms with van der Waals surface area (Å²) < 4.78 is 24.2. The number of nitrogens with one attached hydrogen (secondary N) is 2. The molecule has 0 aliphatic carbocycles. The maximum atomic E-state index is 12.1. The lowest BCUT2D eigenvalue weighted by molar-refractivity contribution is 0.193. The van der Waals surface area contributed by atoms with Crippen molar-refractivity contribution in [1.82, 2.24) is 15.3 Å². The van der Waals surface area contributed by atoms with Crippen LogP contribution in [0.25, 0.3) is 0 Å². The number of carbonyl (C=O) groups is 1. The van der Waals surface area contributed by atoms with Crippen LogP contribution in [0.4, 0.5) is 4.79 Å². The molecule has 0 saturated heterocycles. The van der Waals surface area contributed by atoms with Crippen LogP contribution >= 0.6 is 11.6 Å². The van der Waals surface area contributed by atoms with Crippen molar-refractivity contribution in [1.29, 1.82) is 0 Å². The number of nitrogens with zero attached hydrogens (tertiary/aromatic N) is 2. The lowest BCUT2D eigenvalue weighted by Crippen LogP contribution is -2.54. The van der Waals surface area contributed by atoms with E-state index in [1.54, 1.807) is 13.8 Å². The van der Waals surface area contributed by atoms with Crippen molar-refractivity contribution in [2.45, 2.75) is 13.8 Å². The number of halogens is 1. The average Bonchev–Trinajstić information content (AvgIpc) is 2.33. The molecule has 0 aromatic carbocycles. The number of hydrogen-bond acceptors (Lipinski definition) is 4. The quantitative estimate of drug-likeness (QED) is 0.751. The summed E-state index contributed by atoms with van der Waals surface area (Å²) in [5.41, 5.74) is 2.74. The fourth-order valence-electron chi connectivity index (χ4n) is 1.28. The molecule has 20 heavy (non-hydrogen) atoms. The Labute approximate surface area is 122 Å². The summed E-state index contributed by atoms with van der Waals surface area (Å²) in [7, 11) is -3.92. The minimum absolute atomic E-state index is 0.0554. The summed E-state index contributed by atoms with van der Waals surface area (Å²) in [5.74, 6) is 0. The van der Waals surface area contributed by atoms with Crippen LogP contribution in [-0.2, 0) is 10.0 Å². The molecule has 2 amide bonds. The van der Waals surface area contributed by atoms with E-state index in [0.29, 0.717) is 10.7 Å². The van der Waals surface area contributed by atoms with Crippen molar-refractivity contribution in [2.75, 3.05) is 6.54 Å². The minimum Gasteiger partial charge on any atom is -0.245 e. The molecule has 0 fully saturated rings. The molecule has 9 heteroatoms. The summed E-state index contributed by atoms with van der Waals surface area (Å²) in [6.45, 7) is 6.75. The van der Waals surface area contributed by atoms with Crippen molar-refractivity contribution < 1.29 is 13.2 Å². The van der Waals surface area contributed by atoms with Gasteiger partial charge in [0, 0.05) is 5.03 Å². The average molecular weight is 319 g/mol. The third-order valence-electron chi connectivity index (χ3n) is 2.19. The lowest BCUT2D eigenvalue weighted by atomic mass is 10.4. The van der Waals surface area contributed by atoms with Gasteiger partial charge in [0.25, 0.3) is 10.0 Å². The van der Waals surface area contributed by atoms with Crippen molar-refractivity contribution in [2.24, 2.45) is 5.10 Å². The van der Waals surface area contributed by atoms with Gasteiger partial charge in [-0.05, 0) is 32.1 Å². The third kappa shape index (κ3) is 4.48. The van der Waals surface area contributed by atoms with Gasteiger partial charge in [-0.2, -0.15) is 5.10 Å². The van der Waals surface area contributed by atoms with Gasteiger partial charge in [0.2, 0.25) is 0 Å². The van der Waals surface area contributed by atoms with Gasteiger partial charge < -0.3 is 0 Å². The summed E-state index contributed by atoms with van der Waals surface area (Å²) in [6, 6.07) is -0.661. The highest BCUT2D eigenvalue weighted by Crippen LogP contribution is 2.10. The second-order valence-corrected chi connectivity index (χ2v) is 6.23. The molecule has 0 bridgehead atoms. The molecule has 0 atom stereocenters. The van der Waals surface area contributed by atoms with E-state index >= 15 is 0 Å². The van der Waals surface area contributed by atoms with Gasteiger partial charge >= 0.3 is 6.03 Å². The molecule has 7 nitrogen and oxygen atoms in total. The number of hydrogen-bond donors (Lipinski definition) is 2. The Hall–Kier alpha value is -1.64. The van der Waals surface area contributed by atoms with E-state index in [9.17, 15) is 13.2 Å². The van der Waals surface area contributed by atoms with E-state index in [4.69, 9.17) is 11.6 Å². The van der Waals surface area contributed by atoms with Crippen molar-refractivity contribution in [3.05, 3.63) is 34.7 Å². The molecule has 0 radical (unpaired) electrons. The highest BCUT2D eigenvalue weighted by Gasteiger charge is 2.25. The Balaban J connectivity index is 2.97. The smallest absolute Gasteiger partial charge is 0.245 e. The molecular weight excluding hydrogens is 304 g/mol. The lowest BCUT2D eigenvalue weighted by Gasteiger charge is -2.25. The summed E-state index contributed by atoms with van der Waals surface area (Å²) >= 11 is 5.64. The van der Waals surface area contributed by atoms with Crippen molar-refractivity contribution >= 4 is 33.4 Å². The minimum atomic E-state index is -3.92. The van der Waals surface area contributed by atoms with E-state index < -0.39 is 16.1 Å². The standard InChI is InChI=1S/C11H15ClN4O3S/c1-4-10(6-5-8(2)12)20(18,19)15-16-7-9(3)13-14-11(16)17/h4-6,15H,1,7H2,2-3H3,(H,14,17)/b8-5+,10-6+. The first-order chi connectivity index (χ1) is 9.26. The summed E-state index contributed by atoms with van der Waals surface area (Å²) in [4.78, 5) is 13.5. The Morgan fingerprint density at radius 3 is 2.75 bits per heavy atom. The number of sulfonamides is 1. The fourth-order valence-corrected chi connectivity index (χ4v) is 2.35.